The van der Waals surface area contributed by atoms with Gasteiger partial charge >= 0.3 is 5.97 Å². The van der Waals surface area contributed by atoms with E-state index in [1.54, 1.807) is 0 Å². The Bertz CT molecular complexity index is 1960. The van der Waals surface area contributed by atoms with E-state index in [0.717, 1.165) is 0 Å². The van der Waals surface area contributed by atoms with Gasteiger partial charge in [0.15, 0.2) is 17.9 Å². The van der Waals surface area contributed by atoms with Crippen molar-refractivity contribution in [2.45, 2.75) is 101 Å². The molecule has 2 saturated heterocycles. The van der Waals surface area contributed by atoms with Crippen LogP contribution in [0.25, 0.3) is 0 Å². The molecule has 6 atom stereocenters. The van der Waals surface area contributed by atoms with E-state index in [-0.39, 0.29) is 72.9 Å². The molecular weight excluding hydrogens is 728 g/mol. The Morgan fingerprint density at radius 1 is 0.982 bits per heavy atom. The minimum absolute atomic E-state index is 0.0421. The summed E-state index contributed by atoms with van der Waals surface area (Å²) in [7, 11) is 1.29. The second-order valence-corrected chi connectivity index (χ2v) is 13.9. The van der Waals surface area contributed by atoms with E-state index < -0.39 is 119 Å². The van der Waals surface area contributed by atoms with Gasteiger partial charge in [0.25, 0.3) is 11.8 Å². The molecule has 0 bridgehead atoms. The number of ether oxygens (including phenoxy) is 3. The highest BCUT2D eigenvalue weighted by Crippen LogP contribution is 2.52. The zero-order chi connectivity index (χ0) is 39.9. The van der Waals surface area contributed by atoms with Crippen molar-refractivity contribution in [3.8, 4) is 17.2 Å². The molecule has 3 amide bonds. The Morgan fingerprint density at radius 3 is 2.33 bits per heavy atom. The lowest BCUT2D eigenvalue weighted by Crippen LogP contribution is -2.55. The van der Waals surface area contributed by atoms with E-state index in [2.05, 4.69) is 5.32 Å². The number of aromatic hydroxyl groups is 2. The summed E-state index contributed by atoms with van der Waals surface area (Å²) in [4.78, 5) is 93.6. The van der Waals surface area contributed by atoms with Gasteiger partial charge in [-0.25, -0.2) is 4.79 Å². The van der Waals surface area contributed by atoms with Gasteiger partial charge in [-0.15, -0.1) is 5.06 Å². The summed E-state index contributed by atoms with van der Waals surface area (Å²) < 4.78 is 17.3. The first-order chi connectivity index (χ1) is 26.1. The maximum absolute atomic E-state index is 13.9. The third-order valence-electron chi connectivity index (χ3n) is 10.3. The average molecular weight is 769 g/mol. The van der Waals surface area contributed by atoms with Gasteiger partial charge in [-0.1, -0.05) is 12.1 Å². The van der Waals surface area contributed by atoms with Gasteiger partial charge in [-0.2, -0.15) is 0 Å². The van der Waals surface area contributed by atoms with E-state index >= 15 is 0 Å². The molecule has 0 aromatic heterocycles. The molecule has 2 aliphatic carbocycles. The van der Waals surface area contributed by atoms with Crippen LogP contribution >= 0.6 is 0 Å². The highest BCUT2D eigenvalue weighted by molar-refractivity contribution is 6.31. The van der Waals surface area contributed by atoms with Crippen LogP contribution in [0, 0.1) is 0 Å². The predicted molar refractivity (Wildman–Crippen MR) is 181 cm³/mol. The van der Waals surface area contributed by atoms with Crippen LogP contribution in [0.15, 0.2) is 18.2 Å². The molecule has 2 aromatic rings. The maximum Gasteiger partial charge on any atom is 0.333 e. The van der Waals surface area contributed by atoms with Crippen molar-refractivity contribution in [2.24, 2.45) is 0 Å². The molecule has 18 heteroatoms. The molecule has 2 fully saturated rings. The Morgan fingerprint density at radius 2 is 1.65 bits per heavy atom. The summed E-state index contributed by atoms with van der Waals surface area (Å²) in [5.74, 6) is -6.75. The number of aliphatic hydroxyl groups is 3. The summed E-state index contributed by atoms with van der Waals surface area (Å²) in [5.41, 5.74) is -4.22. The lowest BCUT2D eigenvalue weighted by Gasteiger charge is -2.43. The van der Waals surface area contributed by atoms with Gasteiger partial charge in [-0.05, 0) is 25.8 Å². The summed E-state index contributed by atoms with van der Waals surface area (Å²) in [6.07, 6.45) is -6.37. The molecule has 2 aliphatic heterocycles. The van der Waals surface area contributed by atoms with Crippen molar-refractivity contribution in [3.05, 3.63) is 51.6 Å². The van der Waals surface area contributed by atoms with Gasteiger partial charge in [0, 0.05) is 61.6 Å². The highest BCUT2D eigenvalue weighted by atomic mass is 16.7. The smallest absolute Gasteiger partial charge is 0.333 e. The van der Waals surface area contributed by atoms with Crippen molar-refractivity contribution < 1.29 is 78.1 Å². The highest BCUT2D eigenvalue weighted by Gasteiger charge is 2.50. The molecule has 6 rings (SSSR count). The maximum atomic E-state index is 13.9. The number of carbonyl (C=O) groups excluding carboxylic acids is 7. The van der Waals surface area contributed by atoms with E-state index in [1.807, 2.05) is 0 Å². The number of imide groups is 1. The fourth-order valence-corrected chi connectivity index (χ4v) is 7.50. The Labute approximate surface area is 312 Å². The number of carbonyl (C=O) groups is 7. The predicted octanol–water partition coefficient (Wildman–Crippen LogP) is 0.326. The van der Waals surface area contributed by atoms with Crippen molar-refractivity contribution in [2.75, 3.05) is 13.7 Å². The number of unbranched alkanes of at least 4 members (excludes halogenated alkanes) is 1. The fraction of sp³-hybridized carbons (Fsp3) is 0.486. The van der Waals surface area contributed by atoms with Crippen LogP contribution in [-0.2, 0) is 44.7 Å². The Balaban J connectivity index is 1.20. The van der Waals surface area contributed by atoms with Crippen LogP contribution < -0.4 is 10.1 Å². The van der Waals surface area contributed by atoms with Crippen LogP contribution in [0.1, 0.15) is 107 Å². The molecule has 0 unspecified atom stereocenters. The number of hydroxylamine groups is 2. The van der Waals surface area contributed by atoms with Crippen LogP contribution in [-0.4, -0.2) is 115 Å². The number of phenols is 2. The number of rotatable bonds is 12. The number of fused-ring (bicyclic) bond motifs is 3. The number of amides is 3. The van der Waals surface area contributed by atoms with Crippen molar-refractivity contribution in [1.82, 2.24) is 10.4 Å². The number of benzene rings is 2. The zero-order valence-corrected chi connectivity index (χ0v) is 29.9. The summed E-state index contributed by atoms with van der Waals surface area (Å²) >= 11 is 0. The van der Waals surface area contributed by atoms with Crippen LogP contribution in [0.2, 0.25) is 0 Å². The third-order valence-corrected chi connectivity index (χ3v) is 10.3. The van der Waals surface area contributed by atoms with E-state index in [4.69, 9.17) is 19.0 Å². The van der Waals surface area contributed by atoms with Crippen LogP contribution in [0.5, 0.6) is 17.2 Å². The van der Waals surface area contributed by atoms with Gasteiger partial charge in [0.1, 0.15) is 35.6 Å². The van der Waals surface area contributed by atoms with E-state index in [9.17, 15) is 59.1 Å². The number of methoxy groups -OCH3 is 1. The van der Waals surface area contributed by atoms with Crippen molar-refractivity contribution in [1.29, 1.82) is 0 Å². The normalized spacial score (nSPS) is 25.9. The lowest BCUT2D eigenvalue weighted by molar-refractivity contribution is -0.249. The quantitative estimate of drug-likeness (QED) is 0.0823. The van der Waals surface area contributed by atoms with Gasteiger partial charge in [0.2, 0.25) is 11.7 Å². The minimum Gasteiger partial charge on any atom is -0.507 e. The average Bonchev–Trinajstić information content (AvgIpc) is 3.46. The second kappa shape index (κ2) is 15.5. The van der Waals surface area contributed by atoms with Crippen molar-refractivity contribution >= 4 is 41.0 Å². The number of hydrogen-bond donors (Lipinski definition) is 6. The molecule has 2 aromatic carbocycles. The van der Waals surface area contributed by atoms with Gasteiger partial charge in [-0.3, -0.25) is 28.8 Å². The lowest BCUT2D eigenvalue weighted by atomic mass is 9.72. The number of phenolic OH excluding ortho intramolecular Hbond substituents is 2. The Kier molecular flexibility index (Phi) is 11.1. The van der Waals surface area contributed by atoms with E-state index in [0.29, 0.717) is 5.06 Å². The SMILES string of the molecule is COc1cccc2c1C(=O)c1c(O)c3c(c(O)c1C2=O)C[C@@](O)(C(=O)CO)C[C@@H]3O[C@H]1C[C@H](NC(=O)CCCCC(=O)ON2C(=O)CCC2=O)[C@H](O)[C@H](C)O1. The molecule has 0 spiro atoms. The number of hydrogen-bond acceptors (Lipinski definition) is 16. The van der Waals surface area contributed by atoms with Crippen molar-refractivity contribution in [3.63, 3.8) is 0 Å². The molecule has 4 aliphatic rings. The first kappa shape index (κ1) is 39.4. The number of Topliss-reactive ketones (excluding diaryl/α,β-unsaturated/α-hetero) is 1. The van der Waals surface area contributed by atoms with Crippen LogP contribution in [0.4, 0.5) is 0 Å². The summed E-state index contributed by atoms with van der Waals surface area (Å²) in [6.45, 7) is 0.396. The molecule has 0 radical (unpaired) electrons. The molecule has 18 nitrogen and oxygen atoms in total. The molecule has 2 heterocycles. The molecule has 55 heavy (non-hydrogen) atoms. The standard InChI is InChI=1S/C37H40N2O16/c1-16-32(46)19(38-23(42)8-3-4-9-26(45)55-39-24(43)10-11-25(39)44)12-27(53-16)54-21-14-37(51,22(41)15-40)13-18-29(21)36(50)31-30(34(18)48)33(47)17-6-5-7-20(52-2)28(17)35(31)49/h5-7,16,19,21,27,32,40,46,48,50-51H,3-4,8-15H2,1-2H3,(H,38,42)/t16-,19-,21-,27-,32+,37-/m0/s1. The van der Waals surface area contributed by atoms with Crippen LogP contribution in [0.3, 0.4) is 0 Å². The minimum atomic E-state index is -2.37. The van der Waals surface area contributed by atoms with E-state index in [1.165, 1.54) is 32.2 Å². The molecule has 0 saturated carbocycles. The fourth-order valence-electron chi connectivity index (χ4n) is 7.50. The summed E-state index contributed by atoms with van der Waals surface area (Å²) in [5, 5.41) is 58.5. The second-order valence-electron chi connectivity index (χ2n) is 13.9. The zero-order valence-electron chi connectivity index (χ0n) is 29.9. The Hall–Kier alpha value is -5.27. The molecular formula is C37H40N2O16. The summed E-state index contributed by atoms with van der Waals surface area (Å²) in [6, 6.07) is 3.30. The molecule has 294 valence electrons. The number of aliphatic hydroxyl groups excluding tert-OH is 2. The first-order valence-corrected chi connectivity index (χ1v) is 17.7. The van der Waals surface area contributed by atoms with Gasteiger partial charge in [0.05, 0.1) is 42.0 Å². The first-order valence-electron chi connectivity index (χ1n) is 17.7. The third kappa shape index (κ3) is 7.30. The monoisotopic (exact) mass is 768 g/mol. The largest absolute Gasteiger partial charge is 0.507 e. The molecule has 6 N–H and O–H groups in total. The number of nitrogens with zero attached hydrogens (tertiary/aromatic N) is 1. The number of ketones is 3. The van der Waals surface area contributed by atoms with Gasteiger partial charge < -0.3 is 49.9 Å². The topological polar surface area (TPSA) is 273 Å². The number of nitrogens with one attached hydrogen (secondary N) is 1.